The second-order valence-corrected chi connectivity index (χ2v) is 5.09. The van der Waals surface area contributed by atoms with E-state index >= 15 is 0 Å². The molecule has 1 aromatic carbocycles. The molecule has 1 aliphatic heterocycles. The van der Waals surface area contributed by atoms with Gasteiger partial charge in [0.1, 0.15) is 0 Å². The molecule has 1 aromatic rings. The van der Waals surface area contributed by atoms with Gasteiger partial charge in [0.15, 0.2) is 5.96 Å². The Labute approximate surface area is 115 Å². The molecule has 0 bridgehead atoms. The molecule has 0 spiro atoms. The van der Waals surface area contributed by atoms with Crippen LogP contribution >= 0.6 is 0 Å². The van der Waals surface area contributed by atoms with E-state index in [1.807, 2.05) is 0 Å². The Hall–Kier alpha value is -1.55. The molecule has 2 N–H and O–H groups in total. The van der Waals surface area contributed by atoms with E-state index in [1.165, 1.54) is 16.7 Å². The summed E-state index contributed by atoms with van der Waals surface area (Å²) in [7, 11) is 0. The fourth-order valence-corrected chi connectivity index (χ4v) is 2.41. The van der Waals surface area contributed by atoms with Crippen molar-refractivity contribution in [2.75, 3.05) is 32.8 Å². The molecule has 0 saturated carbocycles. The summed E-state index contributed by atoms with van der Waals surface area (Å²) >= 11 is 0. The van der Waals surface area contributed by atoms with E-state index in [9.17, 15) is 0 Å². The lowest BCUT2D eigenvalue weighted by Crippen LogP contribution is -2.44. The Balaban J connectivity index is 1.87. The van der Waals surface area contributed by atoms with E-state index in [-0.39, 0.29) is 0 Å². The number of rotatable bonds is 3. The highest BCUT2D eigenvalue weighted by molar-refractivity contribution is 5.78. The van der Waals surface area contributed by atoms with Gasteiger partial charge < -0.3 is 15.4 Å². The first-order valence-electron chi connectivity index (χ1n) is 6.85. The Bertz CT molecular complexity index is 430. The van der Waals surface area contributed by atoms with Crippen molar-refractivity contribution in [1.29, 1.82) is 0 Å². The lowest BCUT2D eigenvalue weighted by Gasteiger charge is -2.27. The zero-order valence-corrected chi connectivity index (χ0v) is 11.9. The Morgan fingerprint density at radius 2 is 1.84 bits per heavy atom. The predicted octanol–water partition coefficient (Wildman–Crippen LogP) is 1.49. The van der Waals surface area contributed by atoms with Crippen molar-refractivity contribution in [3.8, 4) is 0 Å². The molecular formula is C15H23N3O. The molecule has 1 saturated heterocycles. The van der Waals surface area contributed by atoms with Gasteiger partial charge in [-0.2, -0.15) is 0 Å². The van der Waals surface area contributed by atoms with Gasteiger partial charge in [-0.25, -0.2) is 0 Å². The maximum Gasteiger partial charge on any atom is 0.191 e. The molecule has 0 amide bonds. The maximum atomic E-state index is 5.99. The third kappa shape index (κ3) is 4.24. The standard InChI is InChI=1S/C15H23N3O/c1-12-9-13(2)11-14(10-12)3-4-17-15(16)18-5-7-19-8-6-18/h9-11H,3-8H2,1-2H3,(H2,16,17). The summed E-state index contributed by atoms with van der Waals surface area (Å²) in [5.74, 6) is 0.646. The smallest absolute Gasteiger partial charge is 0.191 e. The molecule has 0 aromatic heterocycles. The summed E-state index contributed by atoms with van der Waals surface area (Å²) in [5.41, 5.74) is 9.93. The Morgan fingerprint density at radius 1 is 1.21 bits per heavy atom. The number of morpholine rings is 1. The molecule has 104 valence electrons. The van der Waals surface area contributed by atoms with Gasteiger partial charge in [-0.05, 0) is 25.8 Å². The van der Waals surface area contributed by atoms with Crippen LogP contribution in [0.5, 0.6) is 0 Å². The zero-order valence-electron chi connectivity index (χ0n) is 11.9. The highest BCUT2D eigenvalue weighted by Crippen LogP contribution is 2.09. The Morgan fingerprint density at radius 3 is 2.47 bits per heavy atom. The third-order valence-corrected chi connectivity index (χ3v) is 3.29. The zero-order chi connectivity index (χ0) is 13.7. The number of nitrogens with two attached hydrogens (primary N) is 1. The SMILES string of the molecule is Cc1cc(C)cc(CCN=C(N)N2CCOCC2)c1. The lowest BCUT2D eigenvalue weighted by atomic mass is 10.1. The van der Waals surface area contributed by atoms with Crippen molar-refractivity contribution in [3.05, 3.63) is 34.9 Å². The van der Waals surface area contributed by atoms with Crippen LogP contribution in [-0.2, 0) is 11.2 Å². The number of nitrogens with zero attached hydrogens (tertiary/aromatic N) is 2. The van der Waals surface area contributed by atoms with Gasteiger partial charge in [-0.15, -0.1) is 0 Å². The minimum absolute atomic E-state index is 0.646. The fourth-order valence-electron chi connectivity index (χ4n) is 2.41. The van der Waals surface area contributed by atoms with Crippen LogP contribution in [-0.4, -0.2) is 43.7 Å². The van der Waals surface area contributed by atoms with Crippen LogP contribution in [0, 0.1) is 13.8 Å². The molecule has 1 fully saturated rings. The number of aliphatic imine (C=N–C) groups is 1. The molecule has 1 aliphatic rings. The first kappa shape index (κ1) is 13.9. The minimum Gasteiger partial charge on any atom is -0.378 e. The van der Waals surface area contributed by atoms with E-state index in [0.717, 1.165) is 39.3 Å². The number of hydrogen-bond acceptors (Lipinski definition) is 2. The van der Waals surface area contributed by atoms with Crippen molar-refractivity contribution >= 4 is 5.96 Å². The van der Waals surface area contributed by atoms with Gasteiger partial charge >= 0.3 is 0 Å². The van der Waals surface area contributed by atoms with Crippen LogP contribution in [0.1, 0.15) is 16.7 Å². The quantitative estimate of drug-likeness (QED) is 0.662. The minimum atomic E-state index is 0.646. The van der Waals surface area contributed by atoms with Crippen molar-refractivity contribution < 1.29 is 4.74 Å². The van der Waals surface area contributed by atoms with Crippen LogP contribution in [0.4, 0.5) is 0 Å². The third-order valence-electron chi connectivity index (χ3n) is 3.29. The lowest BCUT2D eigenvalue weighted by molar-refractivity contribution is 0.0674. The molecule has 19 heavy (non-hydrogen) atoms. The van der Waals surface area contributed by atoms with Crippen LogP contribution < -0.4 is 5.73 Å². The van der Waals surface area contributed by atoms with E-state index in [2.05, 4.69) is 41.9 Å². The molecule has 4 heteroatoms. The van der Waals surface area contributed by atoms with Crippen LogP contribution in [0.25, 0.3) is 0 Å². The summed E-state index contributed by atoms with van der Waals surface area (Å²) in [5, 5.41) is 0. The second kappa shape index (κ2) is 6.57. The molecule has 0 atom stereocenters. The second-order valence-electron chi connectivity index (χ2n) is 5.09. The summed E-state index contributed by atoms with van der Waals surface area (Å²) in [4.78, 5) is 6.56. The van der Waals surface area contributed by atoms with Gasteiger partial charge in [0.2, 0.25) is 0 Å². The highest BCUT2D eigenvalue weighted by Gasteiger charge is 2.11. The summed E-state index contributed by atoms with van der Waals surface area (Å²) in [6, 6.07) is 6.62. The number of guanidine groups is 1. The summed E-state index contributed by atoms with van der Waals surface area (Å²) < 4.78 is 5.30. The molecule has 0 aliphatic carbocycles. The van der Waals surface area contributed by atoms with Gasteiger partial charge in [0, 0.05) is 19.6 Å². The predicted molar refractivity (Wildman–Crippen MR) is 78.5 cm³/mol. The average molecular weight is 261 g/mol. The monoisotopic (exact) mass is 261 g/mol. The van der Waals surface area contributed by atoms with E-state index in [0.29, 0.717) is 5.96 Å². The van der Waals surface area contributed by atoms with E-state index < -0.39 is 0 Å². The molecule has 2 rings (SSSR count). The van der Waals surface area contributed by atoms with Crippen molar-refractivity contribution in [2.45, 2.75) is 20.3 Å². The van der Waals surface area contributed by atoms with Gasteiger partial charge in [-0.3, -0.25) is 4.99 Å². The number of hydrogen-bond donors (Lipinski definition) is 1. The average Bonchev–Trinajstić information content (AvgIpc) is 2.38. The summed E-state index contributed by atoms with van der Waals surface area (Å²) in [6.45, 7) is 8.17. The molecule has 0 unspecified atom stereocenters. The molecular weight excluding hydrogens is 238 g/mol. The number of aryl methyl sites for hydroxylation is 2. The van der Waals surface area contributed by atoms with Gasteiger partial charge in [0.25, 0.3) is 0 Å². The topological polar surface area (TPSA) is 50.8 Å². The molecule has 1 heterocycles. The van der Waals surface area contributed by atoms with Crippen molar-refractivity contribution in [3.63, 3.8) is 0 Å². The number of ether oxygens (including phenoxy) is 1. The van der Waals surface area contributed by atoms with Gasteiger partial charge in [0.05, 0.1) is 13.2 Å². The van der Waals surface area contributed by atoms with Crippen molar-refractivity contribution in [1.82, 2.24) is 4.90 Å². The highest BCUT2D eigenvalue weighted by atomic mass is 16.5. The summed E-state index contributed by atoms with van der Waals surface area (Å²) in [6.07, 6.45) is 0.938. The molecule has 0 radical (unpaired) electrons. The normalized spacial score (nSPS) is 16.7. The van der Waals surface area contributed by atoms with Crippen LogP contribution in [0.2, 0.25) is 0 Å². The van der Waals surface area contributed by atoms with Crippen molar-refractivity contribution in [2.24, 2.45) is 10.7 Å². The first-order chi connectivity index (χ1) is 9.15. The first-order valence-corrected chi connectivity index (χ1v) is 6.85. The fraction of sp³-hybridized carbons (Fsp3) is 0.533. The Kier molecular flexibility index (Phi) is 4.80. The van der Waals surface area contributed by atoms with Gasteiger partial charge in [-0.1, -0.05) is 29.3 Å². The maximum absolute atomic E-state index is 5.99. The molecule has 4 nitrogen and oxygen atoms in total. The largest absolute Gasteiger partial charge is 0.378 e. The van der Waals surface area contributed by atoms with E-state index in [4.69, 9.17) is 10.5 Å². The number of benzene rings is 1. The van der Waals surface area contributed by atoms with Crippen LogP contribution in [0.3, 0.4) is 0 Å². The van der Waals surface area contributed by atoms with E-state index in [1.54, 1.807) is 0 Å². The van der Waals surface area contributed by atoms with Crippen LogP contribution in [0.15, 0.2) is 23.2 Å².